The van der Waals surface area contributed by atoms with Crippen LogP contribution >= 0.6 is 11.3 Å². The van der Waals surface area contributed by atoms with Gasteiger partial charge in [-0.25, -0.2) is 0 Å². The van der Waals surface area contributed by atoms with Gasteiger partial charge in [-0.05, 0) is 48.9 Å². The number of hydrogen-bond acceptors (Lipinski definition) is 4. The highest BCUT2D eigenvalue weighted by Crippen LogP contribution is 2.40. The highest BCUT2D eigenvalue weighted by Gasteiger charge is 2.26. The van der Waals surface area contributed by atoms with Crippen molar-refractivity contribution in [2.75, 3.05) is 12.4 Å². The molecule has 0 saturated carbocycles. The van der Waals surface area contributed by atoms with Gasteiger partial charge in [0, 0.05) is 10.4 Å². The Morgan fingerprint density at radius 2 is 2.32 bits per heavy atom. The highest BCUT2D eigenvalue weighted by molar-refractivity contribution is 7.16. The first kappa shape index (κ1) is 17.5. The van der Waals surface area contributed by atoms with Crippen molar-refractivity contribution >= 4 is 22.2 Å². The summed E-state index contributed by atoms with van der Waals surface area (Å²) in [6.07, 6.45) is 5.52. The molecule has 0 spiro atoms. The Labute approximate surface area is 152 Å². The van der Waals surface area contributed by atoms with E-state index >= 15 is 0 Å². The Bertz CT molecular complexity index is 820. The Morgan fingerprint density at radius 1 is 1.48 bits per heavy atom. The SMILES string of the molecule is CCC[C@@H]1CCc2c(sc(NC(=O)c3cccc(OC)c3)c2C#N)C1. The summed E-state index contributed by atoms with van der Waals surface area (Å²) in [6, 6.07) is 9.33. The minimum atomic E-state index is -0.209. The molecular formula is C20H22N2O2S. The van der Waals surface area contributed by atoms with E-state index in [2.05, 4.69) is 18.3 Å². The molecule has 0 saturated heterocycles. The van der Waals surface area contributed by atoms with Gasteiger partial charge in [0.15, 0.2) is 0 Å². The van der Waals surface area contributed by atoms with E-state index in [-0.39, 0.29) is 5.91 Å². The number of carbonyl (C=O) groups is 1. The van der Waals surface area contributed by atoms with Gasteiger partial charge in [-0.15, -0.1) is 11.3 Å². The smallest absolute Gasteiger partial charge is 0.256 e. The molecule has 25 heavy (non-hydrogen) atoms. The molecule has 1 aliphatic carbocycles. The third kappa shape index (κ3) is 3.69. The third-order valence-electron chi connectivity index (χ3n) is 4.74. The van der Waals surface area contributed by atoms with Crippen LogP contribution in [0.25, 0.3) is 0 Å². The van der Waals surface area contributed by atoms with Crippen molar-refractivity contribution in [2.45, 2.75) is 39.0 Å². The van der Waals surface area contributed by atoms with Crippen LogP contribution in [0, 0.1) is 17.2 Å². The number of benzene rings is 1. The number of nitriles is 1. The summed E-state index contributed by atoms with van der Waals surface area (Å²) < 4.78 is 5.17. The van der Waals surface area contributed by atoms with Crippen molar-refractivity contribution in [1.29, 1.82) is 5.26 Å². The second kappa shape index (κ2) is 7.71. The van der Waals surface area contributed by atoms with Gasteiger partial charge < -0.3 is 10.1 Å². The number of amides is 1. The number of anilines is 1. The molecule has 5 heteroatoms. The van der Waals surface area contributed by atoms with Gasteiger partial charge in [0.1, 0.15) is 16.8 Å². The Kier molecular flexibility index (Phi) is 5.40. The van der Waals surface area contributed by atoms with Crippen molar-refractivity contribution in [1.82, 2.24) is 0 Å². The van der Waals surface area contributed by atoms with E-state index < -0.39 is 0 Å². The number of fused-ring (bicyclic) bond motifs is 1. The van der Waals surface area contributed by atoms with Crippen LogP contribution in [0.3, 0.4) is 0 Å². The zero-order valence-corrected chi connectivity index (χ0v) is 15.4. The quantitative estimate of drug-likeness (QED) is 0.840. The maximum absolute atomic E-state index is 12.6. The lowest BCUT2D eigenvalue weighted by Crippen LogP contribution is -2.13. The van der Waals surface area contributed by atoms with Crippen LogP contribution in [0.4, 0.5) is 5.00 Å². The third-order valence-corrected chi connectivity index (χ3v) is 5.90. The molecule has 1 heterocycles. The largest absolute Gasteiger partial charge is 0.497 e. The number of ether oxygens (including phenoxy) is 1. The lowest BCUT2D eigenvalue weighted by atomic mass is 9.85. The molecule has 1 aromatic carbocycles. The van der Waals surface area contributed by atoms with Crippen molar-refractivity contribution in [3.63, 3.8) is 0 Å². The zero-order valence-electron chi connectivity index (χ0n) is 14.6. The average molecular weight is 354 g/mol. The second-order valence-electron chi connectivity index (χ2n) is 6.40. The summed E-state index contributed by atoms with van der Waals surface area (Å²) in [7, 11) is 1.57. The molecule has 4 nitrogen and oxygen atoms in total. The fraction of sp³-hybridized carbons (Fsp3) is 0.400. The minimum absolute atomic E-state index is 0.209. The molecule has 0 bridgehead atoms. The van der Waals surface area contributed by atoms with Crippen molar-refractivity contribution < 1.29 is 9.53 Å². The summed E-state index contributed by atoms with van der Waals surface area (Å²) in [6.45, 7) is 2.21. The molecule has 1 atom stereocenters. The fourth-order valence-corrected chi connectivity index (χ4v) is 4.76. The van der Waals surface area contributed by atoms with Gasteiger partial charge in [0.25, 0.3) is 5.91 Å². The Hall–Kier alpha value is -2.32. The number of hydrogen-bond donors (Lipinski definition) is 1. The Morgan fingerprint density at radius 3 is 3.04 bits per heavy atom. The van der Waals surface area contributed by atoms with E-state index in [1.807, 2.05) is 0 Å². The molecule has 1 N–H and O–H groups in total. The summed E-state index contributed by atoms with van der Waals surface area (Å²) in [5.41, 5.74) is 2.31. The molecular weight excluding hydrogens is 332 g/mol. The van der Waals surface area contributed by atoms with E-state index in [1.165, 1.54) is 17.7 Å². The predicted octanol–water partition coefficient (Wildman–Crippen LogP) is 4.79. The number of methoxy groups -OCH3 is 1. The first-order valence-corrected chi connectivity index (χ1v) is 9.48. The molecule has 1 amide bonds. The molecule has 130 valence electrons. The second-order valence-corrected chi connectivity index (χ2v) is 7.51. The average Bonchev–Trinajstić information content (AvgIpc) is 2.98. The number of rotatable bonds is 5. The first-order chi connectivity index (χ1) is 12.2. The van der Waals surface area contributed by atoms with Gasteiger partial charge in [-0.3, -0.25) is 4.79 Å². The van der Waals surface area contributed by atoms with Crippen LogP contribution in [0.15, 0.2) is 24.3 Å². The molecule has 0 unspecified atom stereocenters. The van der Waals surface area contributed by atoms with E-state index in [9.17, 15) is 10.1 Å². The molecule has 1 aliphatic rings. The molecule has 3 rings (SSSR count). The zero-order chi connectivity index (χ0) is 17.8. The summed E-state index contributed by atoms with van der Waals surface area (Å²) in [5, 5.41) is 13.2. The van der Waals surface area contributed by atoms with E-state index in [0.717, 1.165) is 24.8 Å². The minimum Gasteiger partial charge on any atom is -0.497 e. The normalized spacial score (nSPS) is 16.0. The van der Waals surface area contributed by atoms with Crippen LogP contribution in [-0.2, 0) is 12.8 Å². The van der Waals surface area contributed by atoms with Crippen LogP contribution in [0.5, 0.6) is 5.75 Å². The molecule has 0 radical (unpaired) electrons. The standard InChI is InChI=1S/C20H22N2O2S/c1-3-5-13-8-9-16-17(12-21)20(25-18(16)10-13)22-19(23)14-6-4-7-15(11-14)24-2/h4,6-7,11,13H,3,5,8-10H2,1-2H3,(H,22,23)/t13-/m1/s1. The summed E-state index contributed by atoms with van der Waals surface area (Å²) >= 11 is 1.56. The molecule has 0 fully saturated rings. The number of thiophene rings is 1. The molecule has 0 aliphatic heterocycles. The van der Waals surface area contributed by atoms with Gasteiger partial charge in [-0.2, -0.15) is 5.26 Å². The molecule has 1 aromatic heterocycles. The van der Waals surface area contributed by atoms with Gasteiger partial charge in [0.05, 0.1) is 12.7 Å². The summed E-state index contributed by atoms with van der Waals surface area (Å²) in [4.78, 5) is 13.8. The van der Waals surface area contributed by atoms with Gasteiger partial charge >= 0.3 is 0 Å². The first-order valence-electron chi connectivity index (χ1n) is 8.66. The van der Waals surface area contributed by atoms with E-state index in [1.54, 1.807) is 42.7 Å². The van der Waals surface area contributed by atoms with Crippen LogP contribution in [-0.4, -0.2) is 13.0 Å². The van der Waals surface area contributed by atoms with Crippen molar-refractivity contribution in [2.24, 2.45) is 5.92 Å². The van der Waals surface area contributed by atoms with E-state index in [0.29, 0.717) is 27.8 Å². The monoisotopic (exact) mass is 354 g/mol. The number of nitrogens with zero attached hydrogens (tertiary/aromatic N) is 1. The lowest BCUT2D eigenvalue weighted by Gasteiger charge is -2.21. The fourth-order valence-electron chi connectivity index (χ4n) is 3.45. The summed E-state index contributed by atoms with van der Waals surface area (Å²) in [5.74, 6) is 1.13. The van der Waals surface area contributed by atoms with Crippen molar-refractivity contribution in [3.05, 3.63) is 45.8 Å². The maximum Gasteiger partial charge on any atom is 0.256 e. The number of carbonyl (C=O) groups excluding carboxylic acids is 1. The number of nitrogens with one attached hydrogen (secondary N) is 1. The van der Waals surface area contributed by atoms with E-state index in [4.69, 9.17) is 4.74 Å². The van der Waals surface area contributed by atoms with Crippen LogP contribution in [0.1, 0.15) is 52.5 Å². The lowest BCUT2D eigenvalue weighted by molar-refractivity contribution is 0.102. The molecule has 2 aromatic rings. The van der Waals surface area contributed by atoms with Gasteiger partial charge in [0.2, 0.25) is 0 Å². The topological polar surface area (TPSA) is 62.1 Å². The van der Waals surface area contributed by atoms with Gasteiger partial charge in [-0.1, -0.05) is 25.8 Å². The highest BCUT2D eigenvalue weighted by atomic mass is 32.1. The van der Waals surface area contributed by atoms with Crippen LogP contribution in [0.2, 0.25) is 0 Å². The Balaban J connectivity index is 1.83. The maximum atomic E-state index is 12.6. The van der Waals surface area contributed by atoms with Crippen molar-refractivity contribution in [3.8, 4) is 11.8 Å². The van der Waals surface area contributed by atoms with Crippen LogP contribution < -0.4 is 10.1 Å². The predicted molar refractivity (Wildman–Crippen MR) is 100 cm³/mol.